The Morgan fingerprint density at radius 3 is 2.00 bits per heavy atom. The van der Waals surface area contributed by atoms with Gasteiger partial charge < -0.3 is 0 Å². The lowest BCUT2D eigenvalue weighted by Crippen LogP contribution is -2.10. The standard InChI is InChI=1S/C6HCl5Si/c7-2-1-3(12-11)5(9)6(10)4(2)8/h1H. The highest BCUT2D eigenvalue weighted by Crippen LogP contribution is 2.33. The molecule has 0 fully saturated rings. The van der Waals surface area contributed by atoms with Crippen LogP contribution in [0.1, 0.15) is 0 Å². The van der Waals surface area contributed by atoms with Crippen molar-refractivity contribution in [3.63, 3.8) is 0 Å². The molecule has 0 nitrogen and oxygen atoms in total. The van der Waals surface area contributed by atoms with Crippen LogP contribution >= 0.6 is 57.5 Å². The van der Waals surface area contributed by atoms with Gasteiger partial charge in [0, 0.05) is 0 Å². The van der Waals surface area contributed by atoms with E-state index in [1.165, 1.54) is 0 Å². The van der Waals surface area contributed by atoms with Crippen molar-refractivity contribution in [2.24, 2.45) is 0 Å². The molecule has 1 aromatic carbocycles. The molecule has 0 atom stereocenters. The van der Waals surface area contributed by atoms with Crippen molar-refractivity contribution in [3.8, 4) is 0 Å². The number of halogens is 5. The van der Waals surface area contributed by atoms with Crippen molar-refractivity contribution < 1.29 is 0 Å². The van der Waals surface area contributed by atoms with E-state index in [0.29, 0.717) is 15.2 Å². The maximum Gasteiger partial charge on any atom is 0.212 e. The predicted octanol–water partition coefficient (Wildman–Crippen LogP) is 3.78. The Balaban J connectivity index is 3.39. The SMILES string of the molecule is Cl[Si]c1cc(Cl)c(Cl)c(Cl)c1Cl. The molecule has 0 aliphatic rings. The molecule has 2 radical (unpaired) electrons. The maximum atomic E-state index is 5.82. The molecule has 0 unspecified atom stereocenters. The van der Waals surface area contributed by atoms with Crippen LogP contribution < -0.4 is 5.19 Å². The first-order valence-electron chi connectivity index (χ1n) is 2.77. The number of hydrogen-bond donors (Lipinski definition) is 0. The zero-order valence-electron chi connectivity index (χ0n) is 5.47. The van der Waals surface area contributed by atoms with E-state index in [4.69, 9.17) is 57.5 Å². The Bertz CT molecular complexity index is 311. The van der Waals surface area contributed by atoms with Gasteiger partial charge in [0.2, 0.25) is 8.83 Å². The molecule has 1 aromatic rings. The van der Waals surface area contributed by atoms with Gasteiger partial charge in [0.05, 0.1) is 20.1 Å². The van der Waals surface area contributed by atoms with Crippen molar-refractivity contribution in [1.29, 1.82) is 0 Å². The summed E-state index contributed by atoms with van der Waals surface area (Å²) in [6, 6.07) is 1.61. The third-order valence-corrected chi connectivity index (χ3v) is 4.32. The lowest BCUT2D eigenvalue weighted by atomic mass is 10.3. The van der Waals surface area contributed by atoms with E-state index in [-0.39, 0.29) is 18.9 Å². The van der Waals surface area contributed by atoms with Gasteiger partial charge in [-0.15, -0.1) is 0 Å². The van der Waals surface area contributed by atoms with Gasteiger partial charge in [-0.1, -0.05) is 46.4 Å². The molecule has 0 aliphatic carbocycles. The summed E-state index contributed by atoms with van der Waals surface area (Å²) in [5.41, 5.74) is 0. The molecule has 0 saturated heterocycles. The van der Waals surface area contributed by atoms with Gasteiger partial charge in [0.25, 0.3) is 0 Å². The second-order valence-electron chi connectivity index (χ2n) is 1.94. The molecule has 0 saturated carbocycles. The van der Waals surface area contributed by atoms with Crippen LogP contribution in [0.25, 0.3) is 0 Å². The van der Waals surface area contributed by atoms with E-state index in [1.54, 1.807) is 6.07 Å². The van der Waals surface area contributed by atoms with E-state index in [0.717, 1.165) is 0 Å². The van der Waals surface area contributed by atoms with Crippen LogP contribution in [0.5, 0.6) is 0 Å². The molecule has 6 heteroatoms. The van der Waals surface area contributed by atoms with Crippen molar-refractivity contribution in [2.75, 3.05) is 0 Å². The van der Waals surface area contributed by atoms with E-state index < -0.39 is 0 Å². The number of benzene rings is 1. The minimum atomic E-state index is 0.0308. The van der Waals surface area contributed by atoms with Gasteiger partial charge in [-0.2, -0.15) is 11.1 Å². The highest BCUT2D eigenvalue weighted by molar-refractivity contribution is 7.02. The summed E-state index contributed by atoms with van der Waals surface area (Å²) in [5, 5.41) is 1.97. The van der Waals surface area contributed by atoms with Gasteiger partial charge in [0.1, 0.15) is 0 Å². The van der Waals surface area contributed by atoms with E-state index in [9.17, 15) is 0 Å². The van der Waals surface area contributed by atoms with E-state index in [2.05, 4.69) is 0 Å². The molecule has 0 aromatic heterocycles. The van der Waals surface area contributed by atoms with Gasteiger partial charge in [-0.3, -0.25) is 0 Å². The third kappa shape index (κ3) is 2.03. The van der Waals surface area contributed by atoms with Crippen LogP contribution in [0, 0.1) is 0 Å². The smallest absolute Gasteiger partial charge is 0.165 e. The Morgan fingerprint density at radius 2 is 1.50 bits per heavy atom. The summed E-state index contributed by atoms with van der Waals surface area (Å²) < 4.78 is 0. The summed E-state index contributed by atoms with van der Waals surface area (Å²) in [6.45, 7) is 0. The van der Waals surface area contributed by atoms with Gasteiger partial charge >= 0.3 is 0 Å². The quantitative estimate of drug-likeness (QED) is 0.317. The fourth-order valence-corrected chi connectivity index (χ4v) is 2.76. The van der Waals surface area contributed by atoms with Crippen LogP contribution in [0.2, 0.25) is 20.1 Å². The van der Waals surface area contributed by atoms with Crippen molar-refractivity contribution in [1.82, 2.24) is 0 Å². The Hall–Kier alpha value is 0.887. The number of hydrogen-bond acceptors (Lipinski definition) is 0. The van der Waals surface area contributed by atoms with Crippen molar-refractivity contribution in [3.05, 3.63) is 26.2 Å². The summed E-state index contributed by atoms with van der Waals surface area (Å²) in [6.07, 6.45) is 0. The molecular weight excluding hydrogens is 277 g/mol. The third-order valence-electron chi connectivity index (χ3n) is 1.20. The molecule has 0 amide bonds. The average Bonchev–Trinajstić information content (AvgIpc) is 2.08. The zero-order chi connectivity index (χ0) is 9.30. The molecule has 0 N–H and O–H groups in total. The van der Waals surface area contributed by atoms with E-state index >= 15 is 0 Å². The summed E-state index contributed by atoms with van der Waals surface area (Å²) >= 11 is 28.7. The Kier molecular flexibility index (Phi) is 4.02. The Labute approximate surface area is 97.2 Å². The zero-order valence-corrected chi connectivity index (χ0v) is 10.2. The van der Waals surface area contributed by atoms with Crippen LogP contribution in [-0.4, -0.2) is 8.83 Å². The first-order chi connectivity index (χ1) is 5.57. The van der Waals surface area contributed by atoms with Gasteiger partial charge in [-0.25, -0.2) is 0 Å². The predicted molar refractivity (Wildman–Crippen MR) is 57.7 cm³/mol. The van der Waals surface area contributed by atoms with Crippen LogP contribution in [-0.2, 0) is 0 Å². The van der Waals surface area contributed by atoms with Crippen LogP contribution in [0.3, 0.4) is 0 Å². The highest BCUT2D eigenvalue weighted by atomic mass is 35.6. The average molecular weight is 278 g/mol. The molecule has 64 valence electrons. The summed E-state index contributed by atoms with van der Waals surface area (Å²) in [7, 11) is 0.0308. The minimum absolute atomic E-state index is 0.0308. The van der Waals surface area contributed by atoms with Gasteiger partial charge in [0.15, 0.2) is 0 Å². The molecule has 0 spiro atoms. The normalized spacial score (nSPS) is 10.4. The van der Waals surface area contributed by atoms with E-state index in [1.807, 2.05) is 0 Å². The second-order valence-corrected chi connectivity index (χ2v) is 4.78. The van der Waals surface area contributed by atoms with Crippen LogP contribution in [0.15, 0.2) is 6.07 Å². The maximum absolute atomic E-state index is 5.82. The van der Waals surface area contributed by atoms with Crippen LogP contribution in [0.4, 0.5) is 0 Å². The molecule has 12 heavy (non-hydrogen) atoms. The monoisotopic (exact) mass is 276 g/mol. The number of rotatable bonds is 1. The van der Waals surface area contributed by atoms with Crippen molar-refractivity contribution >= 4 is 71.5 Å². The van der Waals surface area contributed by atoms with Crippen molar-refractivity contribution in [2.45, 2.75) is 0 Å². The first kappa shape index (κ1) is 11.0. The highest BCUT2D eigenvalue weighted by Gasteiger charge is 2.12. The molecular formula is C6HCl5Si. The largest absolute Gasteiger partial charge is 0.212 e. The summed E-state index contributed by atoms with van der Waals surface area (Å²) in [4.78, 5) is 0. The fourth-order valence-electron chi connectivity index (χ4n) is 0.642. The first-order valence-corrected chi connectivity index (χ1v) is 6.30. The molecule has 0 heterocycles. The molecule has 0 bridgehead atoms. The summed E-state index contributed by atoms with van der Waals surface area (Å²) in [5.74, 6) is 0. The lowest BCUT2D eigenvalue weighted by molar-refractivity contribution is 1.75. The second kappa shape index (κ2) is 4.40. The molecule has 0 aliphatic heterocycles. The minimum Gasteiger partial charge on any atom is -0.165 e. The lowest BCUT2D eigenvalue weighted by Gasteiger charge is -2.05. The van der Waals surface area contributed by atoms with Gasteiger partial charge in [-0.05, 0) is 11.3 Å². The molecule has 1 rings (SSSR count). The Morgan fingerprint density at radius 1 is 0.917 bits per heavy atom. The fraction of sp³-hybridized carbons (Fsp3) is 0. The topological polar surface area (TPSA) is 0 Å².